The van der Waals surface area contributed by atoms with Crippen LogP contribution in [0.2, 0.25) is 0 Å². The summed E-state index contributed by atoms with van der Waals surface area (Å²) in [5, 5.41) is 0. The van der Waals surface area contributed by atoms with E-state index in [9.17, 15) is 0 Å². The SMILES string of the molecule is C=CC1CC[C@H]2C3CCC4=C(CC=C(C)C4)C3CCC12C. The molecular weight excluding hydrogens is 252 g/mol. The average molecular weight is 282 g/mol. The van der Waals surface area contributed by atoms with E-state index in [4.69, 9.17) is 0 Å². The van der Waals surface area contributed by atoms with Gasteiger partial charge in [-0.2, -0.15) is 0 Å². The highest BCUT2D eigenvalue weighted by atomic mass is 14.6. The van der Waals surface area contributed by atoms with Gasteiger partial charge in [-0.15, -0.1) is 6.58 Å². The van der Waals surface area contributed by atoms with E-state index in [0.29, 0.717) is 5.41 Å². The van der Waals surface area contributed by atoms with Crippen LogP contribution in [0.25, 0.3) is 0 Å². The molecule has 4 rings (SSSR count). The first-order valence-corrected chi connectivity index (χ1v) is 9.12. The molecule has 0 aromatic heterocycles. The highest BCUT2D eigenvalue weighted by Gasteiger charge is 2.54. The van der Waals surface area contributed by atoms with Gasteiger partial charge in [-0.25, -0.2) is 0 Å². The Balaban J connectivity index is 1.63. The van der Waals surface area contributed by atoms with E-state index in [0.717, 1.165) is 23.7 Å². The van der Waals surface area contributed by atoms with Gasteiger partial charge in [0.25, 0.3) is 0 Å². The largest absolute Gasteiger partial charge is 0.103 e. The number of allylic oxidation sites excluding steroid dienone is 5. The van der Waals surface area contributed by atoms with Crippen LogP contribution < -0.4 is 0 Å². The summed E-state index contributed by atoms with van der Waals surface area (Å²) in [4.78, 5) is 0. The Morgan fingerprint density at radius 1 is 1.24 bits per heavy atom. The monoisotopic (exact) mass is 282 g/mol. The van der Waals surface area contributed by atoms with Crippen LogP contribution in [0, 0.1) is 29.1 Å². The van der Waals surface area contributed by atoms with Gasteiger partial charge in [0.1, 0.15) is 0 Å². The van der Waals surface area contributed by atoms with Gasteiger partial charge in [0.05, 0.1) is 0 Å². The Morgan fingerprint density at radius 2 is 2.10 bits per heavy atom. The fourth-order valence-corrected chi connectivity index (χ4v) is 6.50. The van der Waals surface area contributed by atoms with E-state index in [1.807, 2.05) is 11.1 Å². The van der Waals surface area contributed by atoms with Gasteiger partial charge in [0, 0.05) is 0 Å². The molecule has 0 spiro atoms. The third-order valence-electron chi connectivity index (χ3n) is 7.64. The molecule has 0 bridgehead atoms. The number of rotatable bonds is 1. The number of fused-ring (bicyclic) bond motifs is 4. The normalized spacial score (nSPS) is 45.5. The van der Waals surface area contributed by atoms with Crippen LogP contribution in [-0.2, 0) is 0 Å². The minimum atomic E-state index is 0.571. The summed E-state index contributed by atoms with van der Waals surface area (Å²) < 4.78 is 0. The molecule has 4 unspecified atom stereocenters. The Morgan fingerprint density at radius 3 is 2.90 bits per heavy atom. The predicted octanol–water partition coefficient (Wildman–Crippen LogP) is 6.06. The fraction of sp³-hybridized carbons (Fsp3) is 0.714. The van der Waals surface area contributed by atoms with Crippen LogP contribution in [0.5, 0.6) is 0 Å². The molecule has 4 aliphatic carbocycles. The van der Waals surface area contributed by atoms with Gasteiger partial charge in [-0.3, -0.25) is 0 Å². The lowest BCUT2D eigenvalue weighted by atomic mass is 9.53. The Hall–Kier alpha value is -0.780. The first-order chi connectivity index (χ1) is 10.1. The molecule has 21 heavy (non-hydrogen) atoms. The van der Waals surface area contributed by atoms with E-state index < -0.39 is 0 Å². The summed E-state index contributed by atoms with van der Waals surface area (Å²) in [6, 6.07) is 0. The van der Waals surface area contributed by atoms with Crippen molar-refractivity contribution in [2.45, 2.75) is 65.2 Å². The van der Waals surface area contributed by atoms with Gasteiger partial charge in [0.15, 0.2) is 0 Å². The summed E-state index contributed by atoms with van der Waals surface area (Å²) in [5.74, 6) is 3.67. The number of hydrogen-bond acceptors (Lipinski definition) is 0. The zero-order valence-electron chi connectivity index (χ0n) is 13.8. The lowest BCUT2D eigenvalue weighted by Crippen LogP contribution is -2.43. The molecule has 0 aliphatic heterocycles. The van der Waals surface area contributed by atoms with Crippen molar-refractivity contribution in [1.82, 2.24) is 0 Å². The summed E-state index contributed by atoms with van der Waals surface area (Å²) in [7, 11) is 0. The van der Waals surface area contributed by atoms with Crippen LogP contribution in [0.4, 0.5) is 0 Å². The predicted molar refractivity (Wildman–Crippen MR) is 90.0 cm³/mol. The van der Waals surface area contributed by atoms with Gasteiger partial charge >= 0.3 is 0 Å². The van der Waals surface area contributed by atoms with Crippen LogP contribution in [0.1, 0.15) is 65.2 Å². The topological polar surface area (TPSA) is 0 Å². The molecule has 2 saturated carbocycles. The van der Waals surface area contributed by atoms with Gasteiger partial charge < -0.3 is 0 Å². The van der Waals surface area contributed by atoms with E-state index in [1.54, 1.807) is 5.57 Å². The molecule has 114 valence electrons. The summed E-state index contributed by atoms with van der Waals surface area (Å²) in [5.41, 5.74) is 5.89. The summed E-state index contributed by atoms with van der Waals surface area (Å²) in [6.45, 7) is 9.04. The minimum Gasteiger partial charge on any atom is -0.103 e. The van der Waals surface area contributed by atoms with Crippen molar-refractivity contribution in [2.75, 3.05) is 0 Å². The first-order valence-electron chi connectivity index (χ1n) is 9.12. The molecule has 5 atom stereocenters. The second kappa shape index (κ2) is 4.86. The second-order valence-electron chi connectivity index (χ2n) is 8.44. The summed E-state index contributed by atoms with van der Waals surface area (Å²) >= 11 is 0. The van der Waals surface area contributed by atoms with Gasteiger partial charge in [-0.05, 0) is 87.4 Å². The molecule has 4 aliphatic rings. The molecule has 0 nitrogen and oxygen atoms in total. The van der Waals surface area contributed by atoms with Crippen LogP contribution in [0.15, 0.2) is 35.5 Å². The Labute approximate surface area is 130 Å². The fourth-order valence-electron chi connectivity index (χ4n) is 6.50. The third kappa shape index (κ3) is 1.94. The van der Waals surface area contributed by atoms with Crippen LogP contribution in [-0.4, -0.2) is 0 Å². The second-order valence-corrected chi connectivity index (χ2v) is 8.44. The molecule has 0 heterocycles. The molecule has 0 aromatic rings. The van der Waals surface area contributed by atoms with E-state index in [2.05, 4.69) is 32.6 Å². The molecule has 0 N–H and O–H groups in total. The molecule has 0 heteroatoms. The Kier molecular flexibility index (Phi) is 3.21. The molecular formula is C21H30. The molecule has 2 fully saturated rings. The molecule has 0 aromatic carbocycles. The average Bonchev–Trinajstić information content (AvgIpc) is 2.83. The van der Waals surface area contributed by atoms with Crippen LogP contribution in [0.3, 0.4) is 0 Å². The zero-order valence-corrected chi connectivity index (χ0v) is 13.8. The van der Waals surface area contributed by atoms with Crippen molar-refractivity contribution in [3.05, 3.63) is 35.5 Å². The maximum absolute atomic E-state index is 4.14. The van der Waals surface area contributed by atoms with Crippen molar-refractivity contribution in [3.8, 4) is 0 Å². The van der Waals surface area contributed by atoms with E-state index in [-0.39, 0.29) is 0 Å². The highest BCUT2D eigenvalue weighted by Crippen LogP contribution is 2.63. The number of hydrogen-bond donors (Lipinski definition) is 0. The maximum Gasteiger partial charge on any atom is -0.0108 e. The standard InChI is InChI=1S/C21H30/c1-4-16-7-10-20-19-9-6-15-13-14(2)5-8-17(15)18(19)11-12-21(16,20)3/h4-5,16,18-20H,1,6-13H2,2-3H3/t16?,18?,19?,20-,21?/m0/s1. The van der Waals surface area contributed by atoms with Gasteiger partial charge in [-0.1, -0.05) is 35.8 Å². The lowest BCUT2D eigenvalue weighted by Gasteiger charge is -2.51. The highest BCUT2D eigenvalue weighted by molar-refractivity contribution is 5.33. The maximum atomic E-state index is 4.14. The first kappa shape index (κ1) is 13.9. The van der Waals surface area contributed by atoms with Crippen molar-refractivity contribution < 1.29 is 0 Å². The molecule has 0 saturated heterocycles. The lowest BCUT2D eigenvalue weighted by molar-refractivity contribution is 0.0257. The minimum absolute atomic E-state index is 0.571. The zero-order chi connectivity index (χ0) is 14.6. The van der Waals surface area contributed by atoms with Crippen molar-refractivity contribution in [3.63, 3.8) is 0 Å². The van der Waals surface area contributed by atoms with E-state index >= 15 is 0 Å². The molecule has 0 amide bonds. The van der Waals surface area contributed by atoms with Crippen molar-refractivity contribution in [2.24, 2.45) is 29.1 Å². The van der Waals surface area contributed by atoms with Crippen LogP contribution >= 0.6 is 0 Å². The molecule has 0 radical (unpaired) electrons. The van der Waals surface area contributed by atoms with Gasteiger partial charge in [0.2, 0.25) is 0 Å². The van der Waals surface area contributed by atoms with Crippen molar-refractivity contribution >= 4 is 0 Å². The Bertz CT molecular complexity index is 520. The van der Waals surface area contributed by atoms with Crippen molar-refractivity contribution in [1.29, 1.82) is 0 Å². The van der Waals surface area contributed by atoms with E-state index in [1.165, 1.54) is 51.4 Å². The third-order valence-corrected chi connectivity index (χ3v) is 7.64. The smallest absolute Gasteiger partial charge is 0.0108 e. The summed E-state index contributed by atoms with van der Waals surface area (Å²) in [6.07, 6.45) is 16.0. The quantitative estimate of drug-likeness (QED) is 0.513.